The van der Waals surface area contributed by atoms with Gasteiger partial charge in [0.05, 0.1) is 6.61 Å². The van der Waals surface area contributed by atoms with Gasteiger partial charge in [-0.25, -0.2) is 9.59 Å². The fourth-order valence-electron chi connectivity index (χ4n) is 2.54. The number of hydrogen-bond donors (Lipinski definition) is 1. The molecule has 1 heterocycles. The summed E-state index contributed by atoms with van der Waals surface area (Å²) < 4.78 is 56.0. The maximum absolute atomic E-state index is 13.5. The third-order valence-corrected chi connectivity index (χ3v) is 4.30. The van der Waals surface area contributed by atoms with Gasteiger partial charge in [0.15, 0.2) is 0 Å². The Morgan fingerprint density at radius 2 is 1.83 bits per heavy atom. The number of carbonyl (C=O) groups is 2. The second kappa shape index (κ2) is 8.74. The van der Waals surface area contributed by atoms with E-state index in [1.165, 1.54) is 20.8 Å². The van der Waals surface area contributed by atoms with Crippen LogP contribution in [0, 0.1) is 0 Å². The highest BCUT2D eigenvalue weighted by Gasteiger charge is 2.48. The lowest BCUT2D eigenvalue weighted by Gasteiger charge is -2.27. The van der Waals surface area contributed by atoms with Crippen molar-refractivity contribution in [3.63, 3.8) is 0 Å². The lowest BCUT2D eigenvalue weighted by molar-refractivity contribution is -0.192. The average molecular weight is 480 g/mol. The maximum atomic E-state index is 13.5. The van der Waals surface area contributed by atoms with E-state index in [0.717, 1.165) is 0 Å². The van der Waals surface area contributed by atoms with Crippen LogP contribution in [0.2, 0.25) is 0 Å². The number of hydrogen-bond acceptors (Lipinski definition) is 6. The van der Waals surface area contributed by atoms with E-state index in [9.17, 15) is 22.8 Å². The van der Waals surface area contributed by atoms with Crippen LogP contribution in [-0.2, 0) is 14.3 Å². The van der Waals surface area contributed by atoms with Gasteiger partial charge in [-0.2, -0.15) is 13.2 Å². The molecule has 0 fully saturated rings. The van der Waals surface area contributed by atoms with E-state index in [1.807, 2.05) is 0 Å². The van der Waals surface area contributed by atoms with E-state index in [2.05, 4.69) is 21.2 Å². The van der Waals surface area contributed by atoms with Crippen LogP contribution in [0.1, 0.15) is 48.8 Å². The molecule has 29 heavy (non-hydrogen) atoms. The summed E-state index contributed by atoms with van der Waals surface area (Å²) in [5.74, 6) is -2.38. The summed E-state index contributed by atoms with van der Waals surface area (Å²) in [6, 6.07) is 3.81. The van der Waals surface area contributed by atoms with E-state index in [-0.39, 0.29) is 23.5 Å². The molecule has 10 heteroatoms. The van der Waals surface area contributed by atoms with Gasteiger partial charge in [-0.15, -0.1) is 0 Å². The molecule has 6 nitrogen and oxygen atoms in total. The average Bonchev–Trinajstić information content (AvgIpc) is 2.96. The number of benzene rings is 1. The molecule has 0 aliphatic rings. The smallest absolute Gasteiger partial charge is 0.414 e. The number of nitrogens with one attached hydrogen (secondary N) is 1. The van der Waals surface area contributed by atoms with Gasteiger partial charge in [-0.05, 0) is 33.8 Å². The van der Waals surface area contributed by atoms with Gasteiger partial charge in [0.1, 0.15) is 27.5 Å². The molecule has 160 valence electrons. The van der Waals surface area contributed by atoms with Gasteiger partial charge in [0.25, 0.3) is 0 Å². The van der Waals surface area contributed by atoms with Crippen LogP contribution in [0.4, 0.5) is 13.2 Å². The highest BCUT2D eigenvalue weighted by Crippen LogP contribution is 2.35. The Hall–Kier alpha value is -2.07. The molecule has 0 aliphatic carbocycles. The third kappa shape index (κ3) is 5.72. The highest BCUT2D eigenvalue weighted by molar-refractivity contribution is 9.09. The minimum absolute atomic E-state index is 0.0260. The second-order valence-electron chi connectivity index (χ2n) is 7.10. The normalized spacial score (nSPS) is 14.5. The quantitative estimate of drug-likeness (QED) is 0.362. The Morgan fingerprint density at radius 3 is 2.38 bits per heavy atom. The second-order valence-corrected chi connectivity index (χ2v) is 8.01. The minimum atomic E-state index is -4.94. The summed E-state index contributed by atoms with van der Waals surface area (Å²) in [7, 11) is 0. The molecular weight excluding hydrogens is 459 g/mol. The molecule has 0 radical (unpaired) electrons. The number of alkyl halides is 4. The van der Waals surface area contributed by atoms with Crippen molar-refractivity contribution >= 4 is 38.8 Å². The number of fused-ring (bicyclic) bond motifs is 1. The van der Waals surface area contributed by atoms with Crippen molar-refractivity contribution in [2.75, 3.05) is 6.61 Å². The molecule has 0 saturated carbocycles. The molecule has 2 atom stereocenters. The number of rotatable bonds is 6. The highest BCUT2D eigenvalue weighted by atomic mass is 79.9. The van der Waals surface area contributed by atoms with Crippen molar-refractivity contribution in [2.45, 2.75) is 50.5 Å². The Kier molecular flexibility index (Phi) is 7.00. The van der Waals surface area contributed by atoms with Crippen LogP contribution in [-0.4, -0.2) is 36.4 Å². The van der Waals surface area contributed by atoms with Crippen LogP contribution >= 0.6 is 15.9 Å². The van der Waals surface area contributed by atoms with Gasteiger partial charge in [-0.1, -0.05) is 34.1 Å². The standard InChI is InChI=1S/C19H21BrF3NO5/c1-5-27-16(25)12-10-8-6-7-9-11(10)28-13(12)15(20)24-14(19(21,22)23)17(26)29-18(2,3)4/h6-9,14-15,24H,5H2,1-4H3. The lowest BCUT2D eigenvalue weighted by atomic mass is 10.1. The Bertz CT molecular complexity index is 888. The molecule has 1 aromatic carbocycles. The van der Waals surface area contributed by atoms with E-state index < -0.39 is 34.7 Å². The molecule has 2 rings (SSSR count). The number of ether oxygens (including phenoxy) is 2. The largest absolute Gasteiger partial charge is 0.462 e. The lowest BCUT2D eigenvalue weighted by Crippen LogP contribution is -2.51. The van der Waals surface area contributed by atoms with Gasteiger partial charge in [0, 0.05) is 5.39 Å². The van der Waals surface area contributed by atoms with Crippen molar-refractivity contribution in [1.29, 1.82) is 0 Å². The van der Waals surface area contributed by atoms with Crippen molar-refractivity contribution < 1.29 is 36.7 Å². The summed E-state index contributed by atoms with van der Waals surface area (Å²) in [5, 5.41) is 2.49. The molecule has 0 amide bonds. The minimum Gasteiger partial charge on any atom is -0.462 e. The van der Waals surface area contributed by atoms with Gasteiger partial charge in [0.2, 0.25) is 6.04 Å². The van der Waals surface area contributed by atoms with Gasteiger partial charge >= 0.3 is 18.1 Å². The van der Waals surface area contributed by atoms with E-state index in [0.29, 0.717) is 5.39 Å². The Morgan fingerprint density at radius 1 is 1.21 bits per heavy atom. The number of esters is 2. The van der Waals surface area contributed by atoms with Gasteiger partial charge < -0.3 is 13.9 Å². The molecule has 0 saturated heterocycles. The zero-order chi connectivity index (χ0) is 22.0. The first-order valence-corrected chi connectivity index (χ1v) is 9.65. The molecular formula is C19H21BrF3NO5. The summed E-state index contributed by atoms with van der Waals surface area (Å²) in [6.07, 6.45) is -4.94. The van der Waals surface area contributed by atoms with E-state index >= 15 is 0 Å². The fraction of sp³-hybridized carbons (Fsp3) is 0.474. The van der Waals surface area contributed by atoms with E-state index in [1.54, 1.807) is 31.2 Å². The summed E-state index contributed by atoms with van der Waals surface area (Å²) in [5.41, 5.74) is -0.848. The van der Waals surface area contributed by atoms with E-state index in [4.69, 9.17) is 13.9 Å². The molecule has 1 aromatic heterocycles. The molecule has 0 bridgehead atoms. The molecule has 0 spiro atoms. The molecule has 1 N–H and O–H groups in total. The van der Waals surface area contributed by atoms with Crippen molar-refractivity contribution in [1.82, 2.24) is 5.32 Å². The summed E-state index contributed by atoms with van der Waals surface area (Å²) in [4.78, 5) is 23.2. The Labute approximate surface area is 173 Å². The first kappa shape index (κ1) is 23.2. The fourth-order valence-corrected chi connectivity index (χ4v) is 3.12. The molecule has 2 aromatic rings. The van der Waals surface area contributed by atoms with Crippen molar-refractivity contribution in [2.24, 2.45) is 0 Å². The molecule has 2 unspecified atom stereocenters. The van der Waals surface area contributed by atoms with Crippen LogP contribution in [0.25, 0.3) is 11.0 Å². The van der Waals surface area contributed by atoms with Crippen LogP contribution in [0.3, 0.4) is 0 Å². The van der Waals surface area contributed by atoms with Crippen LogP contribution in [0.5, 0.6) is 0 Å². The zero-order valence-corrected chi connectivity index (χ0v) is 17.8. The topological polar surface area (TPSA) is 77.8 Å². The molecule has 0 aliphatic heterocycles. The monoisotopic (exact) mass is 479 g/mol. The number of para-hydroxylation sites is 1. The predicted octanol–water partition coefficient (Wildman–Crippen LogP) is 4.87. The maximum Gasteiger partial charge on any atom is 0.414 e. The van der Waals surface area contributed by atoms with Gasteiger partial charge in [-0.3, -0.25) is 5.32 Å². The zero-order valence-electron chi connectivity index (χ0n) is 16.2. The van der Waals surface area contributed by atoms with Crippen LogP contribution < -0.4 is 5.32 Å². The number of furan rings is 1. The summed E-state index contributed by atoms with van der Waals surface area (Å²) >= 11 is 3.06. The van der Waals surface area contributed by atoms with Crippen molar-refractivity contribution in [3.05, 3.63) is 35.6 Å². The number of carbonyl (C=O) groups excluding carboxylic acids is 2. The van der Waals surface area contributed by atoms with Crippen LogP contribution in [0.15, 0.2) is 28.7 Å². The summed E-state index contributed by atoms with van der Waals surface area (Å²) in [6.45, 7) is 6.05. The first-order valence-electron chi connectivity index (χ1n) is 8.73. The third-order valence-electron chi connectivity index (χ3n) is 3.62. The predicted molar refractivity (Wildman–Crippen MR) is 103 cm³/mol. The number of halogens is 4. The Balaban J connectivity index is 2.43. The SMILES string of the molecule is CCOC(=O)c1c(C(Br)NC(C(=O)OC(C)(C)C)C(F)(F)F)oc2ccccc12. The first-order chi connectivity index (χ1) is 13.3. The van der Waals surface area contributed by atoms with Crippen molar-refractivity contribution in [3.8, 4) is 0 Å².